The number of aliphatic carboxylic acids is 1. The van der Waals surface area contributed by atoms with Crippen LogP contribution in [0.3, 0.4) is 0 Å². The van der Waals surface area contributed by atoms with Crippen molar-refractivity contribution >= 4 is 17.6 Å². The monoisotopic (exact) mass is 213 g/mol. The van der Waals surface area contributed by atoms with Crippen LogP contribution in [0.25, 0.3) is 0 Å². The van der Waals surface area contributed by atoms with E-state index in [1.165, 1.54) is 6.07 Å². The summed E-state index contributed by atoms with van der Waals surface area (Å²) in [6.07, 6.45) is 0. The summed E-state index contributed by atoms with van der Waals surface area (Å²) in [6, 6.07) is 4.99. The summed E-state index contributed by atoms with van der Waals surface area (Å²) < 4.78 is 12.8. The molecule has 0 aliphatic heterocycles. The van der Waals surface area contributed by atoms with Crippen molar-refractivity contribution in [2.24, 2.45) is 0 Å². The second-order valence-electron chi connectivity index (χ2n) is 2.55. The molecular formula is C9H5ClFNO2. The van der Waals surface area contributed by atoms with E-state index in [-0.39, 0.29) is 11.1 Å². The van der Waals surface area contributed by atoms with Crippen LogP contribution in [0.2, 0.25) is 0 Å². The normalized spacial score (nSPS) is 11.8. The first-order chi connectivity index (χ1) is 6.56. The molecule has 14 heavy (non-hydrogen) atoms. The third-order valence-corrected chi connectivity index (χ3v) is 2.06. The van der Waals surface area contributed by atoms with Crippen molar-refractivity contribution < 1.29 is 14.3 Å². The standard InChI is InChI=1S/C9H5ClFNO2/c10-8(9(13)14)5-1-2-7(11)6(3-5)4-12/h1-3,8H,(H,13,14). The van der Waals surface area contributed by atoms with E-state index < -0.39 is 17.2 Å². The molecule has 0 fully saturated rings. The maximum Gasteiger partial charge on any atom is 0.326 e. The minimum absolute atomic E-state index is 0.192. The Morgan fingerprint density at radius 3 is 2.79 bits per heavy atom. The van der Waals surface area contributed by atoms with Crippen molar-refractivity contribution in [1.82, 2.24) is 0 Å². The lowest BCUT2D eigenvalue weighted by molar-refractivity contribution is -0.136. The molecule has 1 N–H and O–H groups in total. The lowest BCUT2D eigenvalue weighted by Gasteiger charge is -2.04. The van der Waals surface area contributed by atoms with Crippen molar-refractivity contribution in [3.63, 3.8) is 0 Å². The van der Waals surface area contributed by atoms with E-state index in [2.05, 4.69) is 0 Å². The predicted molar refractivity (Wildman–Crippen MR) is 47.3 cm³/mol. The molecule has 0 aliphatic rings. The zero-order valence-electron chi connectivity index (χ0n) is 6.87. The van der Waals surface area contributed by atoms with E-state index in [0.29, 0.717) is 0 Å². The summed E-state index contributed by atoms with van der Waals surface area (Å²) in [5, 5.41) is 15.8. The van der Waals surface area contributed by atoms with E-state index in [9.17, 15) is 9.18 Å². The lowest BCUT2D eigenvalue weighted by atomic mass is 10.1. The Morgan fingerprint density at radius 2 is 2.29 bits per heavy atom. The molecule has 0 saturated carbocycles. The first kappa shape index (κ1) is 10.5. The van der Waals surface area contributed by atoms with Crippen LogP contribution in [-0.4, -0.2) is 11.1 Å². The van der Waals surface area contributed by atoms with Crippen molar-refractivity contribution in [2.75, 3.05) is 0 Å². The number of halogens is 2. The third-order valence-electron chi connectivity index (χ3n) is 1.62. The van der Waals surface area contributed by atoms with E-state index in [1.54, 1.807) is 6.07 Å². The van der Waals surface area contributed by atoms with Crippen LogP contribution in [0.15, 0.2) is 18.2 Å². The van der Waals surface area contributed by atoms with Crippen LogP contribution in [0, 0.1) is 17.1 Å². The SMILES string of the molecule is N#Cc1cc(C(Cl)C(=O)O)ccc1F. The van der Waals surface area contributed by atoms with E-state index in [1.807, 2.05) is 0 Å². The third kappa shape index (κ3) is 2.01. The smallest absolute Gasteiger partial charge is 0.326 e. The molecule has 1 unspecified atom stereocenters. The molecule has 1 rings (SSSR count). The highest BCUT2D eigenvalue weighted by Crippen LogP contribution is 2.22. The van der Waals surface area contributed by atoms with Gasteiger partial charge >= 0.3 is 5.97 Å². The van der Waals surface area contributed by atoms with Crippen molar-refractivity contribution in [1.29, 1.82) is 5.26 Å². The molecule has 72 valence electrons. The lowest BCUT2D eigenvalue weighted by Crippen LogP contribution is -2.05. The molecule has 0 spiro atoms. The first-order valence-electron chi connectivity index (χ1n) is 3.62. The van der Waals surface area contributed by atoms with E-state index in [4.69, 9.17) is 22.0 Å². The molecule has 0 aliphatic carbocycles. The van der Waals surface area contributed by atoms with Crippen LogP contribution in [0.1, 0.15) is 16.5 Å². The molecule has 0 amide bonds. The number of carboxylic acids is 1. The maximum absolute atomic E-state index is 12.8. The van der Waals surface area contributed by atoms with Gasteiger partial charge in [-0.3, -0.25) is 4.79 Å². The van der Waals surface area contributed by atoms with Gasteiger partial charge in [0.2, 0.25) is 0 Å². The van der Waals surface area contributed by atoms with Crippen molar-refractivity contribution in [2.45, 2.75) is 5.38 Å². The van der Waals surface area contributed by atoms with Gasteiger partial charge in [0, 0.05) is 0 Å². The van der Waals surface area contributed by atoms with Gasteiger partial charge in [-0.1, -0.05) is 6.07 Å². The number of hydrogen-bond acceptors (Lipinski definition) is 2. The van der Waals surface area contributed by atoms with Crippen LogP contribution < -0.4 is 0 Å². The van der Waals surface area contributed by atoms with Gasteiger partial charge in [0.05, 0.1) is 5.56 Å². The molecular weight excluding hydrogens is 209 g/mol. The Hall–Kier alpha value is -1.60. The quantitative estimate of drug-likeness (QED) is 0.765. The zero-order chi connectivity index (χ0) is 10.7. The molecule has 0 radical (unpaired) electrons. The highest BCUT2D eigenvalue weighted by atomic mass is 35.5. The van der Waals surface area contributed by atoms with Crippen LogP contribution in [0.5, 0.6) is 0 Å². The molecule has 1 aromatic carbocycles. The van der Waals surface area contributed by atoms with Gasteiger partial charge in [-0.15, -0.1) is 11.6 Å². The Kier molecular flexibility index (Phi) is 3.05. The molecule has 0 heterocycles. The zero-order valence-corrected chi connectivity index (χ0v) is 7.62. The second-order valence-corrected chi connectivity index (χ2v) is 2.99. The number of rotatable bonds is 2. The number of benzene rings is 1. The highest BCUT2D eigenvalue weighted by molar-refractivity contribution is 6.29. The van der Waals surface area contributed by atoms with Crippen LogP contribution in [-0.2, 0) is 4.79 Å². The summed E-state index contributed by atoms with van der Waals surface area (Å²) in [5.41, 5.74) is -0.0217. The average molecular weight is 214 g/mol. The minimum Gasteiger partial charge on any atom is -0.480 e. The fraction of sp³-hybridized carbons (Fsp3) is 0.111. The summed E-state index contributed by atoms with van der Waals surface area (Å²) in [7, 11) is 0. The van der Waals surface area contributed by atoms with Crippen LogP contribution in [0.4, 0.5) is 4.39 Å². The fourth-order valence-electron chi connectivity index (χ4n) is 0.929. The molecule has 5 heteroatoms. The Balaban J connectivity index is 3.14. The molecule has 0 bridgehead atoms. The van der Waals surface area contributed by atoms with Crippen LogP contribution >= 0.6 is 11.6 Å². The summed E-state index contributed by atoms with van der Waals surface area (Å²) in [4.78, 5) is 10.5. The number of hydrogen-bond donors (Lipinski definition) is 1. The first-order valence-corrected chi connectivity index (χ1v) is 4.06. The molecule has 1 atom stereocenters. The number of nitrogens with zero attached hydrogens (tertiary/aromatic N) is 1. The minimum atomic E-state index is -1.26. The average Bonchev–Trinajstić information content (AvgIpc) is 2.17. The van der Waals surface area contributed by atoms with Gasteiger partial charge in [-0.05, 0) is 17.7 Å². The van der Waals surface area contributed by atoms with Crippen molar-refractivity contribution in [3.8, 4) is 6.07 Å². The number of carbonyl (C=O) groups is 1. The molecule has 1 aromatic rings. The van der Waals surface area contributed by atoms with Gasteiger partial charge in [-0.25, -0.2) is 4.39 Å². The number of carboxylic acid groups (broad SMARTS) is 1. The van der Waals surface area contributed by atoms with Crippen molar-refractivity contribution in [3.05, 3.63) is 35.1 Å². The predicted octanol–water partition coefficient (Wildman–Crippen LogP) is 2.06. The maximum atomic E-state index is 12.8. The molecule has 3 nitrogen and oxygen atoms in total. The Labute approximate surface area is 84.3 Å². The topological polar surface area (TPSA) is 61.1 Å². The summed E-state index contributed by atoms with van der Waals surface area (Å²) >= 11 is 5.49. The molecule has 0 saturated heterocycles. The molecule has 0 aromatic heterocycles. The van der Waals surface area contributed by atoms with Gasteiger partial charge in [0.1, 0.15) is 11.9 Å². The number of alkyl halides is 1. The highest BCUT2D eigenvalue weighted by Gasteiger charge is 2.17. The van der Waals surface area contributed by atoms with Gasteiger partial charge < -0.3 is 5.11 Å². The van der Waals surface area contributed by atoms with Gasteiger partial charge in [0.25, 0.3) is 0 Å². The van der Waals surface area contributed by atoms with Gasteiger partial charge in [0.15, 0.2) is 5.38 Å². The van der Waals surface area contributed by atoms with E-state index in [0.717, 1.165) is 12.1 Å². The Bertz CT molecular complexity index is 414. The fourth-order valence-corrected chi connectivity index (χ4v) is 1.06. The summed E-state index contributed by atoms with van der Waals surface area (Å²) in [5.74, 6) is -1.92. The van der Waals surface area contributed by atoms with Gasteiger partial charge in [-0.2, -0.15) is 5.26 Å². The number of nitriles is 1. The second kappa shape index (κ2) is 4.07. The summed E-state index contributed by atoms with van der Waals surface area (Å²) in [6.45, 7) is 0. The Morgan fingerprint density at radius 1 is 1.64 bits per heavy atom. The largest absolute Gasteiger partial charge is 0.480 e. The van der Waals surface area contributed by atoms with E-state index >= 15 is 0 Å².